The van der Waals surface area contributed by atoms with Crippen LogP contribution < -0.4 is 0 Å². The lowest BCUT2D eigenvalue weighted by molar-refractivity contribution is -0.138. The van der Waals surface area contributed by atoms with Crippen molar-refractivity contribution < 1.29 is 34.1 Å². The number of thiophene rings is 2. The van der Waals surface area contributed by atoms with Gasteiger partial charge in [0.05, 0.1) is 24.0 Å². The molecule has 3 rings (SSSR count). The molecule has 0 saturated carbocycles. The Kier molecular flexibility index (Phi) is 5.24. The molecule has 0 radical (unpaired) electrons. The minimum atomic E-state index is -1.08. The lowest BCUT2D eigenvalue weighted by Crippen LogP contribution is -2.20. The molecule has 0 aliphatic carbocycles. The molecule has 0 amide bonds. The third-order valence-corrected chi connectivity index (χ3v) is 4.61. The van der Waals surface area contributed by atoms with Gasteiger partial charge in [0.2, 0.25) is 0 Å². The molecule has 0 saturated heterocycles. The van der Waals surface area contributed by atoms with Gasteiger partial charge in [-0.25, -0.2) is 9.59 Å². The second kappa shape index (κ2) is 7.16. The van der Waals surface area contributed by atoms with E-state index < -0.39 is 23.9 Å². The van der Waals surface area contributed by atoms with E-state index in [1.165, 1.54) is 17.4 Å². The molecule has 9 heteroatoms. The second-order valence-electron chi connectivity index (χ2n) is 4.33. The first-order valence-corrected chi connectivity index (χ1v) is 7.97. The number of hydrogen-bond donors (Lipinski definition) is 2. The van der Waals surface area contributed by atoms with Gasteiger partial charge in [0, 0.05) is 9.75 Å². The number of aliphatic carboxylic acids is 1. The van der Waals surface area contributed by atoms with Gasteiger partial charge in [0.1, 0.15) is 0 Å². The summed E-state index contributed by atoms with van der Waals surface area (Å²) >= 11 is 2.56. The zero-order chi connectivity index (χ0) is 17.0. The largest absolute Gasteiger partial charge is 0.481 e. The molecule has 23 heavy (non-hydrogen) atoms. The first-order valence-electron chi connectivity index (χ1n) is 6.21. The van der Waals surface area contributed by atoms with Crippen LogP contribution in [0.15, 0.2) is 22.9 Å². The maximum Gasteiger partial charge on any atom is 0.346 e. The van der Waals surface area contributed by atoms with Crippen LogP contribution in [0.1, 0.15) is 30.5 Å². The van der Waals surface area contributed by atoms with Crippen molar-refractivity contribution in [2.24, 2.45) is 0 Å². The van der Waals surface area contributed by atoms with Gasteiger partial charge < -0.3 is 14.9 Å². The first-order chi connectivity index (χ1) is 10.9. The average molecular weight is 354 g/mol. The number of ether oxygens (including phenoxy) is 1. The van der Waals surface area contributed by atoms with Crippen LogP contribution in [0.2, 0.25) is 0 Å². The summed E-state index contributed by atoms with van der Waals surface area (Å²) in [5.41, 5.74) is 0.622. The minimum absolute atomic E-state index is 0.0856. The number of hydrogen-bond acceptors (Lipinski definition) is 7. The molecule has 0 unspecified atom stereocenters. The Balaban J connectivity index is 0.000000167. The highest BCUT2D eigenvalue weighted by Crippen LogP contribution is 2.22. The van der Waals surface area contributed by atoms with Gasteiger partial charge in [-0.05, 0) is 22.9 Å². The molecular weight excluding hydrogens is 344 g/mol. The number of carboxylic acid groups (broad SMARTS) is 2. The van der Waals surface area contributed by atoms with Gasteiger partial charge in [-0.15, -0.1) is 22.7 Å². The van der Waals surface area contributed by atoms with Gasteiger partial charge in [0.15, 0.2) is 0 Å². The predicted molar refractivity (Wildman–Crippen MR) is 81.1 cm³/mol. The summed E-state index contributed by atoms with van der Waals surface area (Å²) in [4.78, 5) is 43.5. The highest BCUT2D eigenvalue weighted by molar-refractivity contribution is 7.10. The summed E-state index contributed by atoms with van der Waals surface area (Å²) < 4.78 is 4.40. The van der Waals surface area contributed by atoms with Gasteiger partial charge in [-0.3, -0.25) is 9.59 Å². The molecule has 1 aliphatic rings. The third-order valence-electron chi connectivity index (χ3n) is 2.76. The Morgan fingerprint density at radius 3 is 2.48 bits per heavy atom. The Morgan fingerprint density at radius 1 is 1.13 bits per heavy atom. The van der Waals surface area contributed by atoms with E-state index in [9.17, 15) is 19.2 Å². The second-order valence-corrected chi connectivity index (χ2v) is 6.33. The predicted octanol–water partition coefficient (Wildman–Crippen LogP) is 2.06. The molecule has 0 spiro atoms. The van der Waals surface area contributed by atoms with E-state index in [0.29, 0.717) is 10.4 Å². The summed E-state index contributed by atoms with van der Waals surface area (Å²) in [5, 5.41) is 20.3. The van der Waals surface area contributed by atoms with Gasteiger partial charge in [-0.2, -0.15) is 0 Å². The van der Waals surface area contributed by atoms with Crippen molar-refractivity contribution in [3.05, 3.63) is 43.8 Å². The summed E-state index contributed by atoms with van der Waals surface area (Å²) in [6, 6.07) is 3.08. The smallest absolute Gasteiger partial charge is 0.346 e. The fraction of sp³-hybridized carbons (Fsp3) is 0.143. The number of esters is 2. The molecule has 0 atom stereocenters. The molecule has 0 bridgehead atoms. The maximum absolute atomic E-state index is 10.9. The molecule has 0 aromatic carbocycles. The number of carbonyl (C=O) groups is 4. The Hall–Kier alpha value is -2.52. The number of cyclic esters (lactones) is 2. The van der Waals surface area contributed by atoms with Gasteiger partial charge in [-0.1, -0.05) is 0 Å². The van der Waals surface area contributed by atoms with Crippen molar-refractivity contribution in [1.82, 2.24) is 0 Å². The Morgan fingerprint density at radius 2 is 1.83 bits per heavy atom. The molecule has 2 aromatic rings. The molecule has 3 heterocycles. The molecule has 1 aliphatic heterocycles. The van der Waals surface area contributed by atoms with E-state index in [1.54, 1.807) is 16.8 Å². The van der Waals surface area contributed by atoms with E-state index in [2.05, 4.69) is 4.74 Å². The molecule has 7 nitrogen and oxygen atoms in total. The van der Waals surface area contributed by atoms with Crippen LogP contribution in [0.25, 0.3) is 0 Å². The van der Waals surface area contributed by atoms with Crippen molar-refractivity contribution in [3.63, 3.8) is 0 Å². The summed E-state index contributed by atoms with van der Waals surface area (Å²) in [7, 11) is 0. The van der Waals surface area contributed by atoms with Crippen LogP contribution in [0, 0.1) is 0 Å². The fourth-order valence-corrected chi connectivity index (χ4v) is 3.50. The van der Waals surface area contributed by atoms with E-state index >= 15 is 0 Å². The van der Waals surface area contributed by atoms with Crippen LogP contribution >= 0.6 is 22.7 Å². The number of fused-ring (bicyclic) bond motifs is 1. The van der Waals surface area contributed by atoms with E-state index in [0.717, 1.165) is 16.2 Å². The van der Waals surface area contributed by atoms with Crippen molar-refractivity contribution in [2.45, 2.75) is 12.8 Å². The first kappa shape index (κ1) is 16.8. The molecule has 2 N–H and O–H groups in total. The van der Waals surface area contributed by atoms with Crippen molar-refractivity contribution in [3.8, 4) is 0 Å². The number of rotatable bonds is 3. The zero-order valence-corrected chi connectivity index (χ0v) is 13.1. The van der Waals surface area contributed by atoms with Crippen LogP contribution in [0.5, 0.6) is 0 Å². The molecule has 120 valence electrons. The maximum atomic E-state index is 10.9. The fourth-order valence-electron chi connectivity index (χ4n) is 1.79. The monoisotopic (exact) mass is 354 g/mol. The van der Waals surface area contributed by atoms with Crippen LogP contribution in [-0.2, 0) is 27.2 Å². The summed E-state index contributed by atoms with van der Waals surface area (Å²) in [6.07, 6.45) is 0.0119. The minimum Gasteiger partial charge on any atom is -0.481 e. The number of aromatic carboxylic acids is 1. The Labute approximate surface area is 137 Å². The molecular formula is C14H10O7S2. The quantitative estimate of drug-likeness (QED) is 0.640. The third kappa shape index (κ3) is 4.24. The summed E-state index contributed by atoms with van der Waals surface area (Å²) in [6.45, 7) is 0. The summed E-state index contributed by atoms with van der Waals surface area (Å²) in [5.74, 6) is -3.06. The van der Waals surface area contributed by atoms with Crippen molar-refractivity contribution in [2.75, 3.05) is 0 Å². The standard InChI is InChI=1S/C7H6O4S.C7H4O3S/c8-6(9)3-5-4(7(10)11)1-2-12-5;8-6-3-5-4(1-2-11-5)7(9)10-6/h1-2H,3H2,(H,8,9)(H,10,11);1-2H,3H2. The van der Waals surface area contributed by atoms with Crippen molar-refractivity contribution >= 4 is 46.6 Å². The number of carboxylic acids is 2. The van der Waals surface area contributed by atoms with Crippen molar-refractivity contribution in [1.29, 1.82) is 0 Å². The topological polar surface area (TPSA) is 118 Å². The molecule has 0 fully saturated rings. The normalized spacial score (nSPS) is 12.7. The lowest BCUT2D eigenvalue weighted by atomic mass is 10.2. The Bertz CT molecular complexity index is 772. The van der Waals surface area contributed by atoms with E-state index in [-0.39, 0.29) is 18.4 Å². The van der Waals surface area contributed by atoms with Crippen LogP contribution in [0.3, 0.4) is 0 Å². The zero-order valence-electron chi connectivity index (χ0n) is 11.5. The highest BCUT2D eigenvalue weighted by Gasteiger charge is 2.25. The van der Waals surface area contributed by atoms with E-state index in [4.69, 9.17) is 10.2 Å². The number of carbonyl (C=O) groups excluding carboxylic acids is 2. The highest BCUT2D eigenvalue weighted by atomic mass is 32.1. The molecule has 2 aromatic heterocycles. The van der Waals surface area contributed by atoms with Crippen LogP contribution in [0.4, 0.5) is 0 Å². The van der Waals surface area contributed by atoms with E-state index in [1.807, 2.05) is 0 Å². The lowest BCUT2D eigenvalue weighted by Gasteiger charge is -2.08. The van der Waals surface area contributed by atoms with Gasteiger partial charge in [0.25, 0.3) is 0 Å². The van der Waals surface area contributed by atoms with Gasteiger partial charge >= 0.3 is 23.9 Å². The van der Waals surface area contributed by atoms with Crippen LogP contribution in [-0.4, -0.2) is 34.1 Å². The average Bonchev–Trinajstić information content (AvgIpc) is 3.07. The SMILES string of the molecule is O=C(O)Cc1sccc1C(=O)O.O=C1Cc2sccc2C(=O)O1.